The molecule has 6 heteroatoms. The molecule has 0 aliphatic heterocycles. The van der Waals surface area contributed by atoms with Gasteiger partial charge in [0, 0.05) is 30.9 Å². The van der Waals surface area contributed by atoms with Gasteiger partial charge >= 0.3 is 0 Å². The number of likely N-dealkylation sites (N-methyl/N-ethyl adjacent to an activating group) is 1. The SMILES string of the molecule is CC(C)N(C)CCNc1ccc(S(=O)(=O)NC2CC2)cc1. The summed E-state index contributed by atoms with van der Waals surface area (Å²) in [6.07, 6.45) is 1.89. The van der Waals surface area contributed by atoms with Crippen LogP contribution in [0, 0.1) is 0 Å². The highest BCUT2D eigenvalue weighted by atomic mass is 32.2. The van der Waals surface area contributed by atoms with Crippen molar-refractivity contribution in [3.8, 4) is 0 Å². The second-order valence-corrected chi connectivity index (χ2v) is 7.64. The lowest BCUT2D eigenvalue weighted by atomic mass is 10.3. The lowest BCUT2D eigenvalue weighted by molar-refractivity contribution is 0.284. The molecule has 0 aromatic heterocycles. The maximum atomic E-state index is 12.0. The molecule has 5 nitrogen and oxygen atoms in total. The molecule has 1 saturated carbocycles. The third kappa shape index (κ3) is 4.98. The number of anilines is 1. The molecule has 21 heavy (non-hydrogen) atoms. The van der Waals surface area contributed by atoms with E-state index in [1.807, 2.05) is 12.1 Å². The maximum Gasteiger partial charge on any atom is 0.240 e. The van der Waals surface area contributed by atoms with Gasteiger partial charge in [-0.1, -0.05) is 0 Å². The number of nitrogens with zero attached hydrogens (tertiary/aromatic N) is 1. The van der Waals surface area contributed by atoms with E-state index in [-0.39, 0.29) is 6.04 Å². The van der Waals surface area contributed by atoms with Gasteiger partial charge in [0.1, 0.15) is 0 Å². The molecule has 1 aliphatic rings. The van der Waals surface area contributed by atoms with E-state index in [4.69, 9.17) is 0 Å². The minimum absolute atomic E-state index is 0.138. The molecule has 1 aromatic rings. The van der Waals surface area contributed by atoms with Crippen LogP contribution in [0.1, 0.15) is 26.7 Å². The highest BCUT2D eigenvalue weighted by Gasteiger charge is 2.27. The van der Waals surface area contributed by atoms with Gasteiger partial charge in [-0.3, -0.25) is 0 Å². The van der Waals surface area contributed by atoms with Crippen LogP contribution in [0.5, 0.6) is 0 Å². The Kier molecular flexibility index (Phi) is 5.24. The van der Waals surface area contributed by atoms with E-state index in [1.165, 1.54) is 0 Å². The molecule has 0 unspecified atom stereocenters. The first-order valence-corrected chi connectivity index (χ1v) is 8.93. The Morgan fingerprint density at radius 2 is 1.86 bits per heavy atom. The summed E-state index contributed by atoms with van der Waals surface area (Å²) in [6, 6.07) is 7.60. The molecule has 0 heterocycles. The number of benzene rings is 1. The number of hydrogen-bond donors (Lipinski definition) is 2. The number of nitrogens with one attached hydrogen (secondary N) is 2. The average molecular weight is 311 g/mol. The van der Waals surface area contributed by atoms with E-state index in [0.717, 1.165) is 31.6 Å². The highest BCUT2D eigenvalue weighted by Crippen LogP contribution is 2.22. The van der Waals surface area contributed by atoms with Crippen LogP contribution >= 0.6 is 0 Å². The lowest BCUT2D eigenvalue weighted by Crippen LogP contribution is -2.31. The Morgan fingerprint density at radius 1 is 1.24 bits per heavy atom. The quantitative estimate of drug-likeness (QED) is 0.769. The van der Waals surface area contributed by atoms with Crippen LogP contribution in [0.3, 0.4) is 0 Å². The molecular weight excluding hydrogens is 286 g/mol. The second kappa shape index (κ2) is 6.77. The number of sulfonamides is 1. The van der Waals surface area contributed by atoms with Gasteiger partial charge in [-0.05, 0) is 58.0 Å². The topological polar surface area (TPSA) is 61.4 Å². The van der Waals surface area contributed by atoms with Gasteiger partial charge in [0.25, 0.3) is 0 Å². The van der Waals surface area contributed by atoms with Crippen molar-refractivity contribution in [1.29, 1.82) is 0 Å². The van der Waals surface area contributed by atoms with Gasteiger partial charge in [0.05, 0.1) is 4.90 Å². The van der Waals surface area contributed by atoms with Crippen LogP contribution in [0.25, 0.3) is 0 Å². The summed E-state index contributed by atoms with van der Waals surface area (Å²) in [5.74, 6) is 0. The summed E-state index contributed by atoms with van der Waals surface area (Å²) in [5.41, 5.74) is 0.942. The van der Waals surface area contributed by atoms with Crippen LogP contribution < -0.4 is 10.0 Å². The molecular formula is C15H25N3O2S. The van der Waals surface area contributed by atoms with Crippen molar-refractivity contribution < 1.29 is 8.42 Å². The summed E-state index contributed by atoms with van der Waals surface area (Å²) in [7, 11) is -1.26. The zero-order chi connectivity index (χ0) is 15.5. The fourth-order valence-electron chi connectivity index (χ4n) is 1.88. The van der Waals surface area contributed by atoms with E-state index in [1.54, 1.807) is 12.1 Å². The minimum Gasteiger partial charge on any atom is -0.384 e. The summed E-state index contributed by atoms with van der Waals surface area (Å²) in [4.78, 5) is 2.59. The first kappa shape index (κ1) is 16.3. The monoisotopic (exact) mass is 311 g/mol. The summed E-state index contributed by atoms with van der Waals surface area (Å²) in [5, 5.41) is 3.31. The van der Waals surface area contributed by atoms with Crippen LogP contribution in [-0.4, -0.2) is 45.5 Å². The van der Waals surface area contributed by atoms with Crippen LogP contribution in [0.2, 0.25) is 0 Å². The van der Waals surface area contributed by atoms with Crippen molar-refractivity contribution in [2.24, 2.45) is 0 Å². The zero-order valence-corrected chi connectivity index (χ0v) is 13.8. The van der Waals surface area contributed by atoms with Crippen LogP contribution in [0.15, 0.2) is 29.2 Å². The molecule has 118 valence electrons. The zero-order valence-electron chi connectivity index (χ0n) is 13.0. The molecule has 0 atom stereocenters. The summed E-state index contributed by atoms with van der Waals surface area (Å²) in [6.45, 7) is 6.10. The molecule has 2 rings (SSSR count). The molecule has 1 aliphatic carbocycles. The Bertz CT molecular complexity index is 551. The van der Waals surface area contributed by atoms with Gasteiger partial charge in [0.2, 0.25) is 10.0 Å². The molecule has 0 spiro atoms. The molecule has 2 N–H and O–H groups in total. The molecule has 1 aromatic carbocycles. The summed E-state index contributed by atoms with van der Waals surface area (Å²) < 4.78 is 26.7. The highest BCUT2D eigenvalue weighted by molar-refractivity contribution is 7.89. The number of hydrogen-bond acceptors (Lipinski definition) is 4. The van der Waals surface area contributed by atoms with Crippen molar-refractivity contribution in [3.05, 3.63) is 24.3 Å². The third-order valence-electron chi connectivity index (χ3n) is 3.74. The number of rotatable bonds is 8. The van der Waals surface area contributed by atoms with Crippen molar-refractivity contribution in [2.45, 2.75) is 43.7 Å². The average Bonchev–Trinajstić information content (AvgIpc) is 3.22. The van der Waals surface area contributed by atoms with Crippen LogP contribution in [-0.2, 0) is 10.0 Å². The normalized spacial score (nSPS) is 15.7. The largest absolute Gasteiger partial charge is 0.384 e. The van der Waals surface area contributed by atoms with Crippen molar-refractivity contribution in [2.75, 3.05) is 25.5 Å². The van der Waals surface area contributed by atoms with E-state index < -0.39 is 10.0 Å². The van der Waals surface area contributed by atoms with Gasteiger partial charge in [-0.25, -0.2) is 13.1 Å². The smallest absolute Gasteiger partial charge is 0.240 e. The van der Waals surface area contributed by atoms with Gasteiger partial charge < -0.3 is 10.2 Å². The van der Waals surface area contributed by atoms with Gasteiger partial charge in [-0.15, -0.1) is 0 Å². The first-order valence-electron chi connectivity index (χ1n) is 7.45. The standard InChI is InChI=1S/C15H25N3O2S/c1-12(2)18(3)11-10-16-13-6-8-15(9-7-13)21(19,20)17-14-4-5-14/h6-9,12,14,16-17H,4-5,10-11H2,1-3H3. The van der Waals surface area contributed by atoms with E-state index in [9.17, 15) is 8.42 Å². The molecule has 0 saturated heterocycles. The van der Waals surface area contributed by atoms with Crippen molar-refractivity contribution in [1.82, 2.24) is 9.62 Å². The maximum absolute atomic E-state index is 12.0. The molecule has 0 amide bonds. The molecule has 1 fully saturated rings. The Morgan fingerprint density at radius 3 is 2.38 bits per heavy atom. The van der Waals surface area contributed by atoms with Gasteiger partial charge in [0.15, 0.2) is 0 Å². The Labute approximate surface area is 127 Å². The minimum atomic E-state index is -3.34. The van der Waals surface area contributed by atoms with E-state index in [0.29, 0.717) is 10.9 Å². The van der Waals surface area contributed by atoms with Crippen molar-refractivity contribution >= 4 is 15.7 Å². The predicted octanol–water partition coefficient (Wildman–Crippen LogP) is 1.88. The molecule has 0 radical (unpaired) electrons. The summed E-state index contributed by atoms with van der Waals surface area (Å²) >= 11 is 0. The Hall–Kier alpha value is -1.11. The Balaban J connectivity index is 1.87. The van der Waals surface area contributed by atoms with Crippen LogP contribution in [0.4, 0.5) is 5.69 Å². The lowest BCUT2D eigenvalue weighted by Gasteiger charge is -2.21. The second-order valence-electron chi connectivity index (χ2n) is 5.92. The first-order chi connectivity index (χ1) is 9.88. The fraction of sp³-hybridized carbons (Fsp3) is 0.600. The van der Waals surface area contributed by atoms with E-state index in [2.05, 4.69) is 35.8 Å². The van der Waals surface area contributed by atoms with E-state index >= 15 is 0 Å². The third-order valence-corrected chi connectivity index (χ3v) is 5.28. The fourth-order valence-corrected chi connectivity index (χ4v) is 3.18. The predicted molar refractivity (Wildman–Crippen MR) is 86.0 cm³/mol. The molecule has 0 bridgehead atoms. The van der Waals surface area contributed by atoms with Gasteiger partial charge in [-0.2, -0.15) is 0 Å². The van der Waals surface area contributed by atoms with Crippen molar-refractivity contribution in [3.63, 3.8) is 0 Å².